The van der Waals surface area contributed by atoms with E-state index >= 15 is 0 Å². The quantitative estimate of drug-likeness (QED) is 0.596. The molecule has 1 nitrogen and oxygen atoms in total. The van der Waals surface area contributed by atoms with E-state index in [0.29, 0.717) is 11.7 Å². The minimum absolute atomic E-state index is 0.158. The molecule has 0 amide bonds. The van der Waals surface area contributed by atoms with Crippen molar-refractivity contribution in [1.29, 1.82) is 0 Å². The molecule has 116 valence electrons. The Kier molecular flexibility index (Phi) is 3.28. The largest absolute Gasteiger partial charge is 0.295 e. The van der Waals surface area contributed by atoms with Gasteiger partial charge in [-0.15, -0.1) is 6.58 Å². The maximum atomic E-state index is 12.9. The zero-order chi connectivity index (χ0) is 15.5. The topological polar surface area (TPSA) is 17.1 Å². The number of hydrogen-bond acceptors (Lipinski definition) is 1. The van der Waals surface area contributed by atoms with E-state index in [4.69, 9.17) is 0 Å². The predicted octanol–water partition coefficient (Wildman–Crippen LogP) is 5.32. The second-order valence-electron chi connectivity index (χ2n) is 9.03. The number of allylic oxidation sites excluding steroid dienone is 3. The average molecular weight is 286 g/mol. The van der Waals surface area contributed by atoms with Gasteiger partial charge in [-0.05, 0) is 60.3 Å². The van der Waals surface area contributed by atoms with Gasteiger partial charge in [-0.2, -0.15) is 0 Å². The molecule has 0 N–H and O–H groups in total. The van der Waals surface area contributed by atoms with Gasteiger partial charge in [0, 0.05) is 5.92 Å². The van der Waals surface area contributed by atoms with E-state index in [1.165, 1.54) is 37.7 Å². The number of ketones is 1. The van der Waals surface area contributed by atoms with Gasteiger partial charge >= 0.3 is 0 Å². The third-order valence-corrected chi connectivity index (χ3v) is 6.94. The zero-order valence-electron chi connectivity index (χ0n) is 14.2. The van der Waals surface area contributed by atoms with Crippen molar-refractivity contribution < 1.29 is 4.79 Å². The van der Waals surface area contributed by atoms with Crippen molar-refractivity contribution in [2.24, 2.45) is 28.1 Å². The number of hydrogen-bond donors (Lipinski definition) is 0. The number of rotatable bonds is 1. The van der Waals surface area contributed by atoms with Crippen molar-refractivity contribution in [2.45, 2.75) is 66.2 Å². The second-order valence-corrected chi connectivity index (χ2v) is 9.03. The first-order chi connectivity index (χ1) is 9.72. The standard InChI is InChI=1S/C20H30O/c1-6-19(4)11-8-15-14(13-19)12-16(21)17-18(2,3)9-7-10-20(15,17)5/h6,12,15,17H,1,7-11,13H2,2-5H3. The van der Waals surface area contributed by atoms with Crippen LogP contribution in [0.15, 0.2) is 24.3 Å². The Morgan fingerprint density at radius 1 is 1.19 bits per heavy atom. The molecule has 0 radical (unpaired) electrons. The lowest BCUT2D eigenvalue weighted by molar-refractivity contribution is -0.137. The first-order valence-corrected chi connectivity index (χ1v) is 8.60. The highest BCUT2D eigenvalue weighted by Gasteiger charge is 2.57. The number of carbonyl (C=O) groups is 1. The number of carbonyl (C=O) groups excluding carboxylic acids is 1. The third kappa shape index (κ3) is 2.15. The summed E-state index contributed by atoms with van der Waals surface area (Å²) < 4.78 is 0. The Balaban J connectivity index is 2.03. The summed E-state index contributed by atoms with van der Waals surface area (Å²) in [6.45, 7) is 13.3. The fraction of sp³-hybridized carbons (Fsp3) is 0.750. The van der Waals surface area contributed by atoms with Crippen LogP contribution in [0.2, 0.25) is 0 Å². The van der Waals surface area contributed by atoms with Crippen LogP contribution in [0.1, 0.15) is 66.2 Å². The monoisotopic (exact) mass is 286 g/mol. The van der Waals surface area contributed by atoms with Crippen LogP contribution in [0.25, 0.3) is 0 Å². The molecule has 3 aliphatic carbocycles. The SMILES string of the molecule is C=CC1(C)CCC2C(=CC(=O)C3C(C)(C)CCCC23C)C1. The highest BCUT2D eigenvalue weighted by atomic mass is 16.1. The summed E-state index contributed by atoms with van der Waals surface area (Å²) in [5, 5.41) is 0. The van der Waals surface area contributed by atoms with Crippen molar-refractivity contribution >= 4 is 5.78 Å². The van der Waals surface area contributed by atoms with Crippen LogP contribution in [-0.4, -0.2) is 5.78 Å². The lowest BCUT2D eigenvalue weighted by Gasteiger charge is -2.58. The van der Waals surface area contributed by atoms with E-state index in [9.17, 15) is 4.79 Å². The fourth-order valence-electron chi connectivity index (χ4n) is 5.87. The molecule has 0 heterocycles. The third-order valence-electron chi connectivity index (χ3n) is 6.94. The average Bonchev–Trinajstić information content (AvgIpc) is 2.36. The van der Waals surface area contributed by atoms with E-state index < -0.39 is 0 Å². The molecule has 1 heteroatoms. The molecule has 0 aliphatic heterocycles. The smallest absolute Gasteiger partial charge is 0.159 e. The maximum absolute atomic E-state index is 12.9. The van der Waals surface area contributed by atoms with Crippen molar-refractivity contribution in [3.63, 3.8) is 0 Å². The Morgan fingerprint density at radius 2 is 1.90 bits per heavy atom. The van der Waals surface area contributed by atoms with Crippen LogP contribution in [0, 0.1) is 28.1 Å². The molecule has 2 saturated carbocycles. The summed E-state index contributed by atoms with van der Waals surface area (Å²) in [7, 11) is 0. The molecule has 0 aromatic carbocycles. The molecular formula is C20H30O. The molecule has 0 aromatic heterocycles. The first-order valence-electron chi connectivity index (χ1n) is 8.60. The van der Waals surface area contributed by atoms with E-state index in [0.717, 1.165) is 6.42 Å². The lowest BCUT2D eigenvalue weighted by Crippen LogP contribution is -2.53. The van der Waals surface area contributed by atoms with Gasteiger partial charge < -0.3 is 0 Å². The molecule has 4 atom stereocenters. The second kappa shape index (κ2) is 4.57. The van der Waals surface area contributed by atoms with Gasteiger partial charge in [0.2, 0.25) is 0 Å². The molecule has 2 fully saturated rings. The molecule has 4 unspecified atom stereocenters. The van der Waals surface area contributed by atoms with Crippen LogP contribution in [0.3, 0.4) is 0 Å². The Hall–Kier alpha value is -0.850. The van der Waals surface area contributed by atoms with Crippen LogP contribution in [0.4, 0.5) is 0 Å². The highest BCUT2D eigenvalue weighted by Crippen LogP contribution is 2.62. The molecule has 0 spiro atoms. The molecule has 21 heavy (non-hydrogen) atoms. The van der Waals surface area contributed by atoms with Gasteiger partial charge in [-0.25, -0.2) is 0 Å². The van der Waals surface area contributed by atoms with Crippen LogP contribution < -0.4 is 0 Å². The molecule has 0 bridgehead atoms. The van der Waals surface area contributed by atoms with Crippen molar-refractivity contribution in [2.75, 3.05) is 0 Å². The van der Waals surface area contributed by atoms with E-state index in [1.54, 1.807) is 0 Å². The molecule has 0 aromatic rings. The van der Waals surface area contributed by atoms with Gasteiger partial charge in [-0.1, -0.05) is 45.8 Å². The number of fused-ring (bicyclic) bond motifs is 3. The van der Waals surface area contributed by atoms with Crippen LogP contribution in [0.5, 0.6) is 0 Å². The van der Waals surface area contributed by atoms with E-state index in [1.807, 2.05) is 6.08 Å². The summed E-state index contributed by atoms with van der Waals surface area (Å²) in [4.78, 5) is 12.9. The van der Waals surface area contributed by atoms with Crippen LogP contribution >= 0.6 is 0 Å². The van der Waals surface area contributed by atoms with Crippen LogP contribution in [-0.2, 0) is 4.79 Å². The zero-order valence-corrected chi connectivity index (χ0v) is 14.2. The Morgan fingerprint density at radius 3 is 2.57 bits per heavy atom. The summed E-state index contributed by atoms with van der Waals surface area (Å²) in [6, 6.07) is 0. The van der Waals surface area contributed by atoms with Crippen molar-refractivity contribution in [3.05, 3.63) is 24.3 Å². The fourth-order valence-corrected chi connectivity index (χ4v) is 5.87. The minimum Gasteiger partial charge on any atom is -0.295 e. The summed E-state index contributed by atoms with van der Waals surface area (Å²) in [6.07, 6.45) is 11.3. The highest BCUT2D eigenvalue weighted by molar-refractivity contribution is 5.95. The summed E-state index contributed by atoms with van der Waals surface area (Å²) >= 11 is 0. The molecular weight excluding hydrogens is 256 g/mol. The van der Waals surface area contributed by atoms with Gasteiger partial charge in [0.25, 0.3) is 0 Å². The maximum Gasteiger partial charge on any atom is 0.159 e. The minimum atomic E-state index is 0.158. The van der Waals surface area contributed by atoms with Gasteiger partial charge in [0.1, 0.15) is 0 Å². The summed E-state index contributed by atoms with van der Waals surface area (Å²) in [5.41, 5.74) is 1.96. The normalized spacial score (nSPS) is 45.3. The van der Waals surface area contributed by atoms with E-state index in [-0.39, 0.29) is 22.2 Å². The molecule has 0 saturated heterocycles. The predicted molar refractivity (Wildman–Crippen MR) is 88.0 cm³/mol. The van der Waals surface area contributed by atoms with Gasteiger partial charge in [0.05, 0.1) is 0 Å². The lowest BCUT2D eigenvalue weighted by atomic mass is 9.45. The van der Waals surface area contributed by atoms with Gasteiger partial charge in [0.15, 0.2) is 5.78 Å². The van der Waals surface area contributed by atoms with Crippen molar-refractivity contribution in [3.8, 4) is 0 Å². The summed E-state index contributed by atoms with van der Waals surface area (Å²) in [5.74, 6) is 1.25. The van der Waals surface area contributed by atoms with Crippen molar-refractivity contribution in [1.82, 2.24) is 0 Å². The Labute approximate surface area is 129 Å². The molecule has 3 aliphatic rings. The molecule has 3 rings (SSSR count). The van der Waals surface area contributed by atoms with Gasteiger partial charge in [-0.3, -0.25) is 4.79 Å². The Bertz CT molecular complexity index is 512. The van der Waals surface area contributed by atoms with E-state index in [2.05, 4.69) is 40.3 Å². The first kappa shape index (κ1) is 15.1.